The molecule has 2 aliphatic rings. The number of para-hydroxylation sites is 1. The maximum atomic E-state index is 13.4. The van der Waals surface area contributed by atoms with Gasteiger partial charge in [0.2, 0.25) is 17.8 Å². The molecule has 4 heterocycles. The minimum absolute atomic E-state index is 0.131. The van der Waals surface area contributed by atoms with Crippen LogP contribution in [0.25, 0.3) is 0 Å². The molecule has 3 aromatic rings. The molecule has 10 heteroatoms. The number of thiophene rings is 1. The van der Waals surface area contributed by atoms with Crippen LogP contribution in [0, 0.1) is 0 Å². The molecule has 0 aliphatic carbocycles. The van der Waals surface area contributed by atoms with Crippen molar-refractivity contribution in [3.05, 3.63) is 63.3 Å². The Hall–Kier alpha value is -3.08. The monoisotopic (exact) mass is 566 g/mol. The molecule has 2 aromatic heterocycles. The van der Waals surface area contributed by atoms with Crippen LogP contribution >= 0.6 is 22.7 Å². The van der Waals surface area contributed by atoms with Gasteiger partial charge in [-0.25, -0.2) is 4.98 Å². The van der Waals surface area contributed by atoms with Crippen molar-refractivity contribution in [3.63, 3.8) is 0 Å². The number of anilines is 1. The highest BCUT2D eigenvalue weighted by atomic mass is 32.1. The number of nitrogens with zero attached hydrogens (tertiary/aromatic N) is 4. The van der Waals surface area contributed by atoms with Crippen molar-refractivity contribution >= 4 is 45.4 Å². The highest BCUT2D eigenvalue weighted by Gasteiger charge is 2.36. The Bertz CT molecular complexity index is 1300. The lowest BCUT2D eigenvalue weighted by molar-refractivity contribution is -0.132. The van der Waals surface area contributed by atoms with E-state index in [1.54, 1.807) is 28.5 Å². The van der Waals surface area contributed by atoms with Gasteiger partial charge in [-0.05, 0) is 55.9 Å². The maximum absolute atomic E-state index is 13.4. The number of amides is 2. The Morgan fingerprint density at radius 2 is 1.85 bits per heavy atom. The van der Waals surface area contributed by atoms with Crippen molar-refractivity contribution < 1.29 is 19.1 Å². The minimum Gasteiger partial charge on any atom is -0.475 e. The molecule has 0 saturated carbocycles. The van der Waals surface area contributed by atoms with E-state index in [4.69, 9.17) is 4.74 Å². The summed E-state index contributed by atoms with van der Waals surface area (Å²) in [5.74, 6) is 0.404. The highest BCUT2D eigenvalue weighted by molar-refractivity contribution is 7.14. The van der Waals surface area contributed by atoms with Crippen LogP contribution in [0.3, 0.4) is 0 Å². The predicted molar refractivity (Wildman–Crippen MR) is 154 cm³/mol. The van der Waals surface area contributed by atoms with Crippen molar-refractivity contribution in [2.75, 3.05) is 37.6 Å². The molecule has 0 spiro atoms. The largest absolute Gasteiger partial charge is 0.475 e. The molecule has 1 fully saturated rings. The van der Waals surface area contributed by atoms with E-state index < -0.39 is 6.10 Å². The SMILES string of the molecule is CCN(CC)C1CCN(C(=O)CCCN(C(=O)c2cccs2)c2nc(C3Oc4ccccc4C3=O)cs2)CC1. The Balaban J connectivity index is 1.23. The van der Waals surface area contributed by atoms with E-state index in [-0.39, 0.29) is 17.6 Å². The normalized spacial score (nSPS) is 17.4. The van der Waals surface area contributed by atoms with Crippen molar-refractivity contribution in [1.82, 2.24) is 14.8 Å². The molecule has 1 unspecified atom stereocenters. The number of hydrogen-bond donors (Lipinski definition) is 0. The van der Waals surface area contributed by atoms with Crippen LogP contribution in [-0.2, 0) is 4.79 Å². The average Bonchev–Trinajstić information content (AvgIpc) is 3.73. The van der Waals surface area contributed by atoms with Gasteiger partial charge >= 0.3 is 0 Å². The lowest BCUT2D eigenvalue weighted by Gasteiger charge is -2.37. The zero-order valence-corrected chi connectivity index (χ0v) is 24.0. The summed E-state index contributed by atoms with van der Waals surface area (Å²) in [5.41, 5.74) is 1.04. The van der Waals surface area contributed by atoms with Gasteiger partial charge in [0.15, 0.2) is 5.13 Å². The first-order valence-electron chi connectivity index (χ1n) is 13.6. The Morgan fingerprint density at radius 3 is 2.54 bits per heavy atom. The maximum Gasteiger partial charge on any atom is 0.270 e. The topological polar surface area (TPSA) is 83.1 Å². The Labute approximate surface area is 237 Å². The summed E-state index contributed by atoms with van der Waals surface area (Å²) in [6.07, 6.45) is 2.10. The fraction of sp³-hybridized carbons (Fsp3) is 0.448. The second-order valence-corrected chi connectivity index (χ2v) is 11.6. The fourth-order valence-electron chi connectivity index (χ4n) is 5.39. The summed E-state index contributed by atoms with van der Waals surface area (Å²) in [6.45, 7) is 8.38. The third-order valence-corrected chi connectivity index (χ3v) is 9.28. The first kappa shape index (κ1) is 27.5. The number of thiazole rings is 1. The van der Waals surface area contributed by atoms with Gasteiger partial charge in [0, 0.05) is 37.5 Å². The Kier molecular flexibility index (Phi) is 8.74. The van der Waals surface area contributed by atoms with Crippen LogP contribution < -0.4 is 9.64 Å². The molecule has 1 saturated heterocycles. The van der Waals surface area contributed by atoms with Crippen molar-refractivity contribution in [2.45, 2.75) is 51.7 Å². The van der Waals surface area contributed by atoms with Crippen LogP contribution in [-0.4, -0.2) is 71.1 Å². The van der Waals surface area contributed by atoms with E-state index in [1.807, 2.05) is 28.5 Å². The standard InChI is InChI=1S/C29H34N4O4S2/c1-3-31(4-2)20-13-16-32(17-14-20)25(34)12-7-15-33(28(36)24-11-8-18-38-24)29-30-22(19-39-29)27-26(35)21-9-5-6-10-23(21)37-27/h5-6,8-11,18-20,27H,3-4,7,12-17H2,1-2H3. The summed E-state index contributed by atoms with van der Waals surface area (Å²) in [6, 6.07) is 11.3. The molecule has 0 bridgehead atoms. The smallest absolute Gasteiger partial charge is 0.270 e. The number of piperidine rings is 1. The fourth-order valence-corrected chi connectivity index (χ4v) is 6.93. The van der Waals surface area contributed by atoms with E-state index in [9.17, 15) is 14.4 Å². The van der Waals surface area contributed by atoms with E-state index >= 15 is 0 Å². The lowest BCUT2D eigenvalue weighted by Crippen LogP contribution is -2.46. The number of carbonyl (C=O) groups excluding carboxylic acids is 3. The number of ketones is 1. The van der Waals surface area contributed by atoms with Crippen molar-refractivity contribution in [2.24, 2.45) is 0 Å². The van der Waals surface area contributed by atoms with Gasteiger partial charge < -0.3 is 14.5 Å². The predicted octanol–water partition coefficient (Wildman–Crippen LogP) is 5.28. The Morgan fingerprint density at radius 1 is 1.08 bits per heavy atom. The minimum atomic E-state index is -0.813. The molecule has 1 atom stereocenters. The summed E-state index contributed by atoms with van der Waals surface area (Å²) < 4.78 is 5.89. The van der Waals surface area contributed by atoms with Gasteiger partial charge in [0.05, 0.1) is 10.4 Å². The van der Waals surface area contributed by atoms with E-state index in [0.29, 0.717) is 52.4 Å². The summed E-state index contributed by atoms with van der Waals surface area (Å²) >= 11 is 2.69. The molecule has 2 aliphatic heterocycles. The zero-order valence-electron chi connectivity index (χ0n) is 22.4. The van der Waals surface area contributed by atoms with Gasteiger partial charge in [-0.2, -0.15) is 0 Å². The van der Waals surface area contributed by atoms with Crippen LogP contribution in [0.2, 0.25) is 0 Å². The van der Waals surface area contributed by atoms with Crippen LogP contribution in [0.5, 0.6) is 5.75 Å². The molecule has 206 valence electrons. The second kappa shape index (κ2) is 12.4. The average molecular weight is 567 g/mol. The van der Waals surface area contributed by atoms with Crippen LogP contribution in [0.4, 0.5) is 5.13 Å². The van der Waals surface area contributed by atoms with Crippen molar-refractivity contribution in [1.29, 1.82) is 0 Å². The number of fused-ring (bicyclic) bond motifs is 1. The van der Waals surface area contributed by atoms with Gasteiger partial charge in [-0.1, -0.05) is 32.0 Å². The summed E-state index contributed by atoms with van der Waals surface area (Å²) in [7, 11) is 0. The molecule has 0 radical (unpaired) electrons. The molecular formula is C29H34N4O4S2. The van der Waals surface area contributed by atoms with Gasteiger partial charge in [0.25, 0.3) is 5.91 Å². The van der Waals surface area contributed by atoms with Crippen LogP contribution in [0.15, 0.2) is 47.2 Å². The van der Waals surface area contributed by atoms with Gasteiger partial charge in [-0.15, -0.1) is 22.7 Å². The number of hydrogen-bond acceptors (Lipinski definition) is 8. The molecule has 5 rings (SSSR count). The number of likely N-dealkylation sites (tertiary alicyclic amines) is 1. The summed E-state index contributed by atoms with van der Waals surface area (Å²) in [5, 5.41) is 4.15. The molecular weight excluding hydrogens is 532 g/mol. The molecule has 2 amide bonds. The summed E-state index contributed by atoms with van der Waals surface area (Å²) in [4.78, 5) is 50.7. The van der Waals surface area contributed by atoms with E-state index in [1.165, 1.54) is 22.7 Å². The molecule has 1 aromatic carbocycles. The third-order valence-electron chi connectivity index (χ3n) is 7.54. The number of Topliss-reactive ketones (excluding diaryl/α,β-unsaturated/α-hetero) is 1. The first-order chi connectivity index (χ1) is 19.0. The number of ether oxygens (including phenoxy) is 1. The molecule has 0 N–H and O–H groups in total. The van der Waals surface area contributed by atoms with Crippen molar-refractivity contribution in [3.8, 4) is 5.75 Å². The second-order valence-electron chi connectivity index (χ2n) is 9.78. The quantitative estimate of drug-likeness (QED) is 0.332. The highest BCUT2D eigenvalue weighted by Crippen LogP contribution is 2.38. The third kappa shape index (κ3) is 5.92. The number of rotatable bonds is 10. The number of aromatic nitrogens is 1. The van der Waals surface area contributed by atoms with E-state index in [0.717, 1.165) is 39.0 Å². The molecule has 39 heavy (non-hydrogen) atoms. The van der Waals surface area contributed by atoms with Crippen LogP contribution in [0.1, 0.15) is 71.4 Å². The van der Waals surface area contributed by atoms with Gasteiger partial charge in [0.1, 0.15) is 11.4 Å². The van der Waals surface area contributed by atoms with Gasteiger partial charge in [-0.3, -0.25) is 19.3 Å². The first-order valence-corrected chi connectivity index (χ1v) is 15.4. The molecule has 8 nitrogen and oxygen atoms in total. The number of benzene rings is 1. The van der Waals surface area contributed by atoms with E-state index in [2.05, 4.69) is 23.7 Å². The number of carbonyl (C=O) groups is 3. The zero-order chi connectivity index (χ0) is 27.4. The lowest BCUT2D eigenvalue weighted by atomic mass is 10.0.